The number of hydrogen-bond donors (Lipinski definition) is 1. The Bertz CT molecular complexity index is 1200. The first-order valence-electron chi connectivity index (χ1n) is 11.6. The molecule has 1 amide bonds. The Labute approximate surface area is 205 Å². The Hall–Kier alpha value is -2.98. The van der Waals surface area contributed by atoms with E-state index in [1.807, 2.05) is 12.1 Å². The molecule has 0 bridgehead atoms. The molecule has 1 aliphatic rings. The first kappa shape index (κ1) is 26.6. The number of carbonyl (C=O) groups excluding carboxylic acids is 3. The monoisotopic (exact) mass is 504 g/mol. The van der Waals surface area contributed by atoms with Gasteiger partial charge in [-0.3, -0.25) is 14.4 Å². The van der Waals surface area contributed by atoms with Crippen molar-refractivity contribution in [3.05, 3.63) is 42.5 Å². The van der Waals surface area contributed by atoms with E-state index in [9.17, 15) is 22.8 Å². The maximum absolute atomic E-state index is 13.2. The molecule has 0 radical (unpaired) electrons. The Morgan fingerprint density at radius 1 is 1.09 bits per heavy atom. The molecule has 1 atom stereocenters. The lowest BCUT2D eigenvalue weighted by atomic mass is 10.1. The number of fused-ring (bicyclic) bond motifs is 1. The molecular weight excluding hydrogens is 472 g/mol. The number of sulfonamides is 1. The Balaban J connectivity index is 1.84. The van der Waals surface area contributed by atoms with Crippen LogP contribution in [0.4, 0.5) is 0 Å². The van der Waals surface area contributed by atoms with Crippen LogP contribution in [0.25, 0.3) is 10.8 Å². The summed E-state index contributed by atoms with van der Waals surface area (Å²) in [5.74, 6) is -1.96. The summed E-state index contributed by atoms with van der Waals surface area (Å²) in [7, 11) is -4.17. The van der Waals surface area contributed by atoms with Crippen molar-refractivity contribution in [3.63, 3.8) is 0 Å². The van der Waals surface area contributed by atoms with E-state index in [2.05, 4.69) is 4.72 Å². The number of esters is 2. The molecule has 190 valence electrons. The van der Waals surface area contributed by atoms with Crippen molar-refractivity contribution in [1.82, 2.24) is 9.62 Å². The Morgan fingerprint density at radius 2 is 1.74 bits per heavy atom. The molecule has 2 aromatic carbocycles. The third-order valence-corrected chi connectivity index (χ3v) is 6.78. The van der Waals surface area contributed by atoms with Gasteiger partial charge in [-0.05, 0) is 63.4 Å². The zero-order valence-corrected chi connectivity index (χ0v) is 21.3. The smallest absolute Gasteiger partial charge is 0.325 e. The van der Waals surface area contributed by atoms with Crippen molar-refractivity contribution in [2.75, 3.05) is 13.2 Å². The Kier molecular flexibility index (Phi) is 8.17. The first-order chi connectivity index (χ1) is 16.4. The van der Waals surface area contributed by atoms with Gasteiger partial charge in [-0.1, -0.05) is 30.3 Å². The minimum atomic E-state index is -4.17. The molecular formula is C25H32N2O7S. The van der Waals surface area contributed by atoms with Gasteiger partial charge in [0.25, 0.3) is 0 Å². The van der Waals surface area contributed by atoms with Crippen LogP contribution in [0.3, 0.4) is 0 Å². The SMILES string of the molecule is CCOC(=O)CN(C(=O)C[C@H](NS(=O)(=O)c1ccc2ccccc2c1)C(=O)OC(C)(C)C)C1CC1. The summed E-state index contributed by atoms with van der Waals surface area (Å²) in [6.07, 6.45) is 0.966. The molecule has 1 fully saturated rings. The quantitative estimate of drug-likeness (QED) is 0.494. The van der Waals surface area contributed by atoms with Gasteiger partial charge in [0, 0.05) is 6.04 Å². The van der Waals surface area contributed by atoms with Gasteiger partial charge in [0.15, 0.2) is 0 Å². The van der Waals surface area contributed by atoms with Gasteiger partial charge in [-0.15, -0.1) is 0 Å². The number of carbonyl (C=O) groups is 3. The second kappa shape index (κ2) is 10.7. The predicted molar refractivity (Wildman–Crippen MR) is 130 cm³/mol. The molecule has 2 aromatic rings. The first-order valence-corrected chi connectivity index (χ1v) is 13.1. The largest absolute Gasteiger partial charge is 0.465 e. The van der Waals surface area contributed by atoms with E-state index in [0.29, 0.717) is 0 Å². The third kappa shape index (κ3) is 7.50. The van der Waals surface area contributed by atoms with Crippen molar-refractivity contribution in [2.24, 2.45) is 0 Å². The van der Waals surface area contributed by atoms with E-state index in [4.69, 9.17) is 9.47 Å². The van der Waals surface area contributed by atoms with E-state index in [1.165, 1.54) is 17.0 Å². The molecule has 0 saturated heterocycles. The zero-order valence-electron chi connectivity index (χ0n) is 20.4. The molecule has 1 aliphatic carbocycles. The number of nitrogens with one attached hydrogen (secondary N) is 1. The fourth-order valence-corrected chi connectivity index (χ4v) is 4.80. The van der Waals surface area contributed by atoms with Crippen LogP contribution in [0.5, 0.6) is 0 Å². The summed E-state index contributed by atoms with van der Waals surface area (Å²) in [4.78, 5) is 39.4. The summed E-state index contributed by atoms with van der Waals surface area (Å²) < 4.78 is 39.1. The highest BCUT2D eigenvalue weighted by Crippen LogP contribution is 2.28. The molecule has 0 aromatic heterocycles. The molecule has 0 unspecified atom stereocenters. The fourth-order valence-electron chi connectivity index (χ4n) is 3.58. The summed E-state index contributed by atoms with van der Waals surface area (Å²) >= 11 is 0. The van der Waals surface area contributed by atoms with Crippen LogP contribution >= 0.6 is 0 Å². The maximum Gasteiger partial charge on any atom is 0.325 e. The van der Waals surface area contributed by atoms with E-state index in [-0.39, 0.29) is 24.1 Å². The van der Waals surface area contributed by atoms with Crippen molar-refractivity contribution in [2.45, 2.75) is 69.5 Å². The summed E-state index contributed by atoms with van der Waals surface area (Å²) in [6.45, 7) is 6.55. The second-order valence-corrected chi connectivity index (χ2v) is 11.2. The summed E-state index contributed by atoms with van der Waals surface area (Å²) in [5, 5.41) is 1.58. The molecule has 10 heteroatoms. The van der Waals surface area contributed by atoms with Crippen LogP contribution in [0, 0.1) is 0 Å². The van der Waals surface area contributed by atoms with E-state index < -0.39 is 45.9 Å². The normalized spacial score (nSPS) is 14.9. The third-order valence-electron chi connectivity index (χ3n) is 5.31. The average Bonchev–Trinajstić information content (AvgIpc) is 3.60. The minimum absolute atomic E-state index is 0.0391. The van der Waals surface area contributed by atoms with Gasteiger partial charge < -0.3 is 14.4 Å². The maximum atomic E-state index is 13.2. The zero-order chi connectivity index (χ0) is 25.8. The van der Waals surface area contributed by atoms with Crippen molar-refractivity contribution in [1.29, 1.82) is 0 Å². The lowest BCUT2D eigenvalue weighted by Gasteiger charge is -2.27. The van der Waals surface area contributed by atoms with Crippen LogP contribution in [0.15, 0.2) is 47.4 Å². The predicted octanol–water partition coefficient (Wildman–Crippen LogP) is 2.77. The van der Waals surface area contributed by atoms with E-state index in [1.54, 1.807) is 45.9 Å². The summed E-state index contributed by atoms with van der Waals surface area (Å²) in [5.41, 5.74) is -0.895. The van der Waals surface area contributed by atoms with Crippen molar-refractivity contribution >= 4 is 38.6 Å². The molecule has 1 saturated carbocycles. The lowest BCUT2D eigenvalue weighted by molar-refractivity contribution is -0.159. The molecule has 9 nitrogen and oxygen atoms in total. The molecule has 0 heterocycles. The average molecular weight is 505 g/mol. The van der Waals surface area contributed by atoms with Crippen LogP contribution < -0.4 is 4.72 Å². The number of rotatable bonds is 10. The molecule has 0 aliphatic heterocycles. The van der Waals surface area contributed by atoms with Gasteiger partial charge in [0.05, 0.1) is 17.9 Å². The standard InChI is InChI=1S/C25H32N2O7S/c1-5-33-23(29)16-27(19-11-12-19)22(28)15-21(24(30)34-25(2,3)4)26-35(31,32)20-13-10-17-8-6-7-9-18(17)14-20/h6-10,13-14,19,21,26H,5,11-12,15-16H2,1-4H3/t21-/m0/s1. The molecule has 1 N–H and O–H groups in total. The van der Waals surface area contributed by atoms with E-state index >= 15 is 0 Å². The van der Waals surface area contributed by atoms with Gasteiger partial charge >= 0.3 is 11.9 Å². The van der Waals surface area contributed by atoms with E-state index in [0.717, 1.165) is 23.6 Å². The van der Waals surface area contributed by atoms with Gasteiger partial charge in [0.2, 0.25) is 15.9 Å². The van der Waals surface area contributed by atoms with Crippen molar-refractivity contribution in [3.8, 4) is 0 Å². The lowest BCUT2D eigenvalue weighted by Crippen LogP contribution is -2.48. The Morgan fingerprint density at radius 3 is 2.34 bits per heavy atom. The number of hydrogen-bond acceptors (Lipinski definition) is 7. The molecule has 35 heavy (non-hydrogen) atoms. The molecule has 3 rings (SSSR count). The molecule has 0 spiro atoms. The number of nitrogens with zero attached hydrogens (tertiary/aromatic N) is 1. The number of amides is 1. The fraction of sp³-hybridized carbons (Fsp3) is 0.480. The van der Waals surface area contributed by atoms with Gasteiger partial charge in [-0.2, -0.15) is 4.72 Å². The number of ether oxygens (including phenoxy) is 2. The van der Waals surface area contributed by atoms with Gasteiger partial charge in [-0.25, -0.2) is 8.42 Å². The van der Waals surface area contributed by atoms with Crippen LogP contribution in [0.2, 0.25) is 0 Å². The van der Waals surface area contributed by atoms with Crippen LogP contribution in [-0.4, -0.2) is 62.0 Å². The highest BCUT2D eigenvalue weighted by Gasteiger charge is 2.38. The highest BCUT2D eigenvalue weighted by molar-refractivity contribution is 7.89. The number of benzene rings is 2. The summed E-state index contributed by atoms with van der Waals surface area (Å²) in [6, 6.07) is 10.3. The van der Waals surface area contributed by atoms with Crippen molar-refractivity contribution < 1.29 is 32.3 Å². The topological polar surface area (TPSA) is 119 Å². The second-order valence-electron chi connectivity index (χ2n) is 9.48. The van der Waals surface area contributed by atoms with Crippen LogP contribution in [0.1, 0.15) is 47.0 Å². The van der Waals surface area contributed by atoms with Gasteiger partial charge in [0.1, 0.15) is 18.2 Å². The highest BCUT2D eigenvalue weighted by atomic mass is 32.2. The van der Waals surface area contributed by atoms with Crippen LogP contribution in [-0.2, 0) is 33.9 Å². The minimum Gasteiger partial charge on any atom is -0.465 e.